The van der Waals surface area contributed by atoms with Crippen molar-refractivity contribution < 1.29 is 46.4 Å². The average molecular weight is 648 g/mol. The number of nitrogens with one attached hydrogen (secondary N) is 2. The van der Waals surface area contributed by atoms with Crippen molar-refractivity contribution in [3.05, 3.63) is 81.0 Å². The monoisotopic (exact) mass is 647 g/mol. The zero-order chi connectivity index (χ0) is 31.4. The van der Waals surface area contributed by atoms with E-state index in [2.05, 4.69) is 15.4 Å². The first-order chi connectivity index (χ1) is 20.2. The summed E-state index contributed by atoms with van der Waals surface area (Å²) in [5.74, 6) is -4.28. The van der Waals surface area contributed by atoms with Gasteiger partial charge in [0.15, 0.2) is 5.82 Å². The molecular weight excluding hydrogens is 628 g/mol. The van der Waals surface area contributed by atoms with Gasteiger partial charge in [-0.05, 0) is 42.8 Å². The van der Waals surface area contributed by atoms with Crippen LogP contribution in [0.3, 0.4) is 0 Å². The zero-order valence-electron chi connectivity index (χ0n) is 21.7. The quantitative estimate of drug-likeness (QED) is 0.167. The van der Waals surface area contributed by atoms with Gasteiger partial charge in [-0.1, -0.05) is 23.2 Å². The summed E-state index contributed by atoms with van der Waals surface area (Å²) in [6.07, 6.45) is -8.36. The molecular formula is C26H20Cl2F5N5O5. The average Bonchev–Trinajstić information content (AvgIpc) is 3.29. The second kappa shape index (κ2) is 11.5. The van der Waals surface area contributed by atoms with Gasteiger partial charge in [-0.15, -0.1) is 0 Å². The van der Waals surface area contributed by atoms with E-state index < -0.39 is 81.8 Å². The third-order valence-electron chi connectivity index (χ3n) is 6.86. The highest BCUT2D eigenvalue weighted by Gasteiger charge is 2.52. The van der Waals surface area contributed by atoms with Crippen LogP contribution in [-0.4, -0.2) is 67.6 Å². The van der Waals surface area contributed by atoms with Crippen molar-refractivity contribution in [2.75, 3.05) is 6.61 Å². The van der Waals surface area contributed by atoms with Crippen LogP contribution in [0.5, 0.6) is 0 Å². The number of carboxylic acids is 1. The Labute approximate surface area is 249 Å². The predicted molar refractivity (Wildman–Crippen MR) is 141 cm³/mol. The molecule has 5 unspecified atom stereocenters. The summed E-state index contributed by atoms with van der Waals surface area (Å²) in [5.41, 5.74) is -3.41. The van der Waals surface area contributed by atoms with E-state index in [1.807, 2.05) is 0 Å². The molecule has 43 heavy (non-hydrogen) atoms. The molecule has 2 saturated heterocycles. The summed E-state index contributed by atoms with van der Waals surface area (Å²) in [4.78, 5) is 15.8. The van der Waals surface area contributed by atoms with Gasteiger partial charge >= 0.3 is 12.1 Å². The molecule has 3 heterocycles. The summed E-state index contributed by atoms with van der Waals surface area (Å²) < 4.78 is 82.3. The van der Waals surface area contributed by atoms with Crippen LogP contribution >= 0.6 is 23.2 Å². The van der Waals surface area contributed by atoms with E-state index in [4.69, 9.17) is 38.1 Å². The highest BCUT2D eigenvalue weighted by molar-refractivity contribution is 6.52. The number of halogens is 7. The maximum Gasteiger partial charge on any atom is 0.418 e. The fraction of sp³-hybridized carbons (Fsp3) is 0.308. The van der Waals surface area contributed by atoms with E-state index >= 15 is 0 Å². The first-order valence-corrected chi connectivity index (χ1v) is 13.1. The van der Waals surface area contributed by atoms with Crippen molar-refractivity contribution in [2.24, 2.45) is 0 Å². The van der Waals surface area contributed by atoms with Gasteiger partial charge in [0.25, 0.3) is 0 Å². The molecule has 1 aromatic heterocycles. The number of ether oxygens (including phenoxy) is 2. The lowest BCUT2D eigenvalue weighted by Gasteiger charge is -2.50. The van der Waals surface area contributed by atoms with E-state index in [0.29, 0.717) is 0 Å². The summed E-state index contributed by atoms with van der Waals surface area (Å²) in [5, 5.41) is 34.8. The van der Waals surface area contributed by atoms with Crippen LogP contribution in [0.2, 0.25) is 10.0 Å². The van der Waals surface area contributed by atoms with Crippen LogP contribution < -0.4 is 5.32 Å². The van der Waals surface area contributed by atoms with Gasteiger partial charge in [-0.25, -0.2) is 23.2 Å². The Morgan fingerprint density at radius 1 is 1.21 bits per heavy atom. The van der Waals surface area contributed by atoms with E-state index in [0.717, 1.165) is 41.2 Å². The standard InChI is InChI=1S/C26H20Cl2F5N5O5/c1-9-36-24(38(37-9)16-6-11(27)2-3-13(16)26(31,32)33)23-21(39)20(22-17(43-23)8-42-22)35-7-12(19(34)25(40)41)10-4-14(29)18(28)15(30)5-10/h2-7,17,20-23,34-35,39H,8H2,1H3,(H,40,41)/b12-7-,34-19?. The van der Waals surface area contributed by atoms with E-state index in [-0.39, 0.29) is 28.8 Å². The van der Waals surface area contributed by atoms with Crippen LogP contribution in [-0.2, 0) is 20.4 Å². The normalized spacial score (nSPS) is 23.8. The summed E-state index contributed by atoms with van der Waals surface area (Å²) in [6.45, 7) is 1.47. The van der Waals surface area contributed by atoms with Gasteiger partial charge in [-0.2, -0.15) is 18.3 Å². The molecule has 0 aliphatic carbocycles. The Hall–Kier alpha value is -3.63. The Balaban J connectivity index is 1.54. The minimum atomic E-state index is -4.80. The topological polar surface area (TPSA) is 143 Å². The highest BCUT2D eigenvalue weighted by Crippen LogP contribution is 2.40. The number of aliphatic carboxylic acids is 1. The lowest BCUT2D eigenvalue weighted by atomic mass is 9.89. The molecule has 228 valence electrons. The molecule has 4 N–H and O–H groups in total. The fourth-order valence-corrected chi connectivity index (χ4v) is 5.09. The molecule has 0 spiro atoms. The van der Waals surface area contributed by atoms with Crippen molar-refractivity contribution in [2.45, 2.75) is 43.6 Å². The van der Waals surface area contributed by atoms with Gasteiger partial charge in [0, 0.05) is 16.8 Å². The van der Waals surface area contributed by atoms with Crippen molar-refractivity contribution in [1.29, 1.82) is 5.41 Å². The number of carboxylic acid groups (broad SMARTS) is 1. The molecule has 0 saturated carbocycles. The molecule has 5 rings (SSSR count). The summed E-state index contributed by atoms with van der Waals surface area (Å²) in [6, 6.07) is 3.23. The van der Waals surface area contributed by atoms with Crippen LogP contribution in [0.25, 0.3) is 11.3 Å². The second-order valence-corrected chi connectivity index (χ2v) is 10.5. The number of hydrogen-bond acceptors (Lipinski definition) is 8. The van der Waals surface area contributed by atoms with Gasteiger partial charge < -0.3 is 25.0 Å². The number of rotatable bonds is 7. The summed E-state index contributed by atoms with van der Waals surface area (Å²) >= 11 is 11.5. The molecule has 10 nitrogen and oxygen atoms in total. The molecule has 0 bridgehead atoms. The number of aromatic nitrogens is 3. The maximum absolute atomic E-state index is 14.2. The van der Waals surface area contributed by atoms with Crippen LogP contribution in [0.15, 0.2) is 36.5 Å². The first-order valence-electron chi connectivity index (χ1n) is 12.4. The molecule has 2 aliphatic heterocycles. The fourth-order valence-electron chi connectivity index (χ4n) is 4.81. The number of aliphatic hydroxyl groups is 1. The minimum Gasteiger partial charge on any atom is -0.477 e. The lowest BCUT2D eigenvalue weighted by Crippen LogP contribution is -2.66. The van der Waals surface area contributed by atoms with Crippen LogP contribution in [0, 0.1) is 24.0 Å². The van der Waals surface area contributed by atoms with Crippen LogP contribution in [0.4, 0.5) is 22.0 Å². The van der Waals surface area contributed by atoms with Gasteiger partial charge in [0.1, 0.15) is 52.6 Å². The van der Waals surface area contributed by atoms with Gasteiger partial charge in [0.05, 0.1) is 23.9 Å². The maximum atomic E-state index is 14.2. The summed E-state index contributed by atoms with van der Waals surface area (Å²) in [7, 11) is 0. The molecule has 5 atom stereocenters. The third kappa shape index (κ3) is 5.82. The van der Waals surface area contributed by atoms with Crippen molar-refractivity contribution in [1.82, 2.24) is 20.1 Å². The number of benzene rings is 2. The Morgan fingerprint density at radius 3 is 2.47 bits per heavy atom. The van der Waals surface area contributed by atoms with E-state index in [9.17, 15) is 37.0 Å². The van der Waals surface area contributed by atoms with E-state index in [1.165, 1.54) is 6.92 Å². The lowest BCUT2D eigenvalue weighted by molar-refractivity contribution is -0.277. The minimum absolute atomic E-state index is 0.0205. The number of aryl methyl sites for hydroxylation is 1. The molecule has 17 heteroatoms. The van der Waals surface area contributed by atoms with Gasteiger partial charge in [-0.3, -0.25) is 5.41 Å². The number of hydrogen-bond donors (Lipinski definition) is 4. The number of aliphatic hydroxyl groups excluding tert-OH is 1. The number of alkyl halides is 3. The number of nitrogens with zero attached hydrogens (tertiary/aromatic N) is 3. The van der Waals surface area contributed by atoms with Crippen molar-refractivity contribution in [3.63, 3.8) is 0 Å². The van der Waals surface area contributed by atoms with E-state index in [1.54, 1.807) is 0 Å². The van der Waals surface area contributed by atoms with Crippen molar-refractivity contribution in [3.8, 4) is 5.69 Å². The SMILES string of the molecule is Cc1nc(C2OC3COC3C(N/C=C(\C(=N)C(=O)O)c3cc(F)c(Cl)c(F)c3)C2O)n(-c2cc(Cl)ccc2C(F)(F)F)n1. The molecule has 2 aliphatic rings. The predicted octanol–water partition coefficient (Wildman–Crippen LogP) is 4.48. The Bertz CT molecular complexity index is 1630. The zero-order valence-corrected chi connectivity index (χ0v) is 23.2. The smallest absolute Gasteiger partial charge is 0.418 e. The van der Waals surface area contributed by atoms with Crippen LogP contribution in [0.1, 0.15) is 28.9 Å². The molecule has 2 aromatic carbocycles. The molecule has 3 aromatic rings. The Morgan fingerprint density at radius 2 is 1.88 bits per heavy atom. The number of fused-ring (bicyclic) bond motifs is 1. The highest BCUT2D eigenvalue weighted by atomic mass is 35.5. The third-order valence-corrected chi connectivity index (χ3v) is 7.45. The first kappa shape index (κ1) is 30.8. The van der Waals surface area contributed by atoms with Crippen molar-refractivity contribution >= 4 is 40.5 Å². The number of carbonyl (C=O) groups is 1. The molecule has 2 fully saturated rings. The second-order valence-electron chi connectivity index (χ2n) is 9.66. The molecule has 0 amide bonds. The molecule has 0 radical (unpaired) electrons. The largest absolute Gasteiger partial charge is 0.477 e. The van der Waals surface area contributed by atoms with Gasteiger partial charge in [0.2, 0.25) is 0 Å². The Kier molecular flexibility index (Phi) is 8.22.